The van der Waals surface area contributed by atoms with Crippen molar-refractivity contribution in [3.63, 3.8) is 0 Å². The lowest BCUT2D eigenvalue weighted by Gasteiger charge is -2.47. The monoisotopic (exact) mass is 590 g/mol. The lowest BCUT2D eigenvalue weighted by molar-refractivity contribution is -0.384. The fraction of sp³-hybridized carbons (Fsp3) is 0.622. The molecule has 2 heterocycles. The van der Waals surface area contributed by atoms with Crippen molar-refractivity contribution >= 4 is 17.5 Å². The first kappa shape index (κ1) is 32.9. The molecule has 1 unspecified atom stereocenters. The zero-order valence-corrected chi connectivity index (χ0v) is 27.2. The molecule has 1 spiro atoms. The quantitative estimate of drug-likeness (QED) is 0.0925. The van der Waals surface area contributed by atoms with Crippen LogP contribution < -0.4 is 14.4 Å². The second-order valence-electron chi connectivity index (χ2n) is 13.1. The summed E-state index contributed by atoms with van der Waals surface area (Å²) >= 11 is 0. The molecular weight excluding hydrogens is 536 g/mol. The van der Waals surface area contributed by atoms with Crippen LogP contribution in [0.3, 0.4) is 0 Å². The first-order valence-electron chi connectivity index (χ1n) is 17.0. The maximum Gasteiger partial charge on any atom is 0.270 e. The molecule has 236 valence electrons. The molecule has 0 saturated heterocycles. The number of anilines is 1. The number of nitro benzene ring substituents is 1. The van der Waals surface area contributed by atoms with Gasteiger partial charge < -0.3 is 14.4 Å². The number of unbranched alkanes of at least 4 members (excludes halogenated alkanes) is 15. The van der Waals surface area contributed by atoms with Gasteiger partial charge in [-0.05, 0) is 62.2 Å². The van der Waals surface area contributed by atoms with E-state index in [-0.39, 0.29) is 16.0 Å². The molecule has 0 aromatic heterocycles. The fourth-order valence-corrected chi connectivity index (χ4v) is 6.95. The molecule has 1 atom stereocenters. The summed E-state index contributed by atoms with van der Waals surface area (Å²) in [5.74, 6) is 1.51. The lowest BCUT2D eigenvalue weighted by atomic mass is 9.76. The third kappa shape index (κ3) is 7.74. The number of ether oxygens (including phenoxy) is 2. The van der Waals surface area contributed by atoms with Gasteiger partial charge in [0.2, 0.25) is 5.72 Å². The molecule has 6 nitrogen and oxygen atoms in total. The van der Waals surface area contributed by atoms with Crippen LogP contribution in [-0.4, -0.2) is 24.3 Å². The van der Waals surface area contributed by atoms with Crippen LogP contribution in [0.25, 0.3) is 6.08 Å². The summed E-state index contributed by atoms with van der Waals surface area (Å²) in [6.45, 7) is 7.61. The Morgan fingerprint density at radius 2 is 1.40 bits per heavy atom. The normalized spacial score (nSPS) is 18.0. The highest BCUT2D eigenvalue weighted by Crippen LogP contribution is 2.55. The first-order chi connectivity index (χ1) is 20.8. The van der Waals surface area contributed by atoms with Crippen LogP contribution in [0.5, 0.6) is 11.5 Å². The Balaban J connectivity index is 1.27. The van der Waals surface area contributed by atoms with Crippen LogP contribution >= 0.6 is 0 Å². The van der Waals surface area contributed by atoms with Gasteiger partial charge in [-0.3, -0.25) is 10.1 Å². The summed E-state index contributed by atoms with van der Waals surface area (Å²) in [5, 5.41) is 11.3. The number of benzene rings is 2. The Hall–Kier alpha value is -3.02. The maximum atomic E-state index is 11.3. The van der Waals surface area contributed by atoms with Crippen molar-refractivity contribution in [2.24, 2.45) is 0 Å². The number of nitrogens with zero attached hydrogens (tertiary/aromatic N) is 2. The van der Waals surface area contributed by atoms with Crippen molar-refractivity contribution in [3.8, 4) is 11.5 Å². The summed E-state index contributed by atoms with van der Waals surface area (Å²) in [5.41, 5.74) is 2.08. The van der Waals surface area contributed by atoms with Gasteiger partial charge in [-0.1, -0.05) is 103 Å². The number of rotatable bonds is 19. The molecule has 0 N–H and O–H groups in total. The van der Waals surface area contributed by atoms with E-state index < -0.39 is 5.72 Å². The van der Waals surface area contributed by atoms with Crippen LogP contribution in [0.15, 0.2) is 42.5 Å². The SMILES string of the molecule is CCCCCCCCCCCCCCCCCCN1c2ccc(OC)cc2C(C)(C)C12C=Cc1cc([N+](=O)[O-])ccc1O2. The minimum atomic E-state index is -0.722. The van der Waals surface area contributed by atoms with Gasteiger partial charge in [0.15, 0.2) is 0 Å². The molecule has 0 aliphatic carbocycles. The zero-order chi connectivity index (χ0) is 30.7. The van der Waals surface area contributed by atoms with E-state index in [9.17, 15) is 10.1 Å². The van der Waals surface area contributed by atoms with Gasteiger partial charge >= 0.3 is 0 Å². The molecule has 0 fully saturated rings. The minimum Gasteiger partial charge on any atom is -0.497 e. The van der Waals surface area contributed by atoms with Crippen molar-refractivity contribution in [2.45, 2.75) is 135 Å². The first-order valence-corrected chi connectivity index (χ1v) is 17.0. The van der Waals surface area contributed by atoms with Crippen LogP contribution in [0.4, 0.5) is 11.4 Å². The smallest absolute Gasteiger partial charge is 0.270 e. The Morgan fingerprint density at radius 3 is 1.95 bits per heavy atom. The molecule has 0 bridgehead atoms. The second-order valence-corrected chi connectivity index (χ2v) is 13.1. The van der Waals surface area contributed by atoms with E-state index in [4.69, 9.17) is 9.47 Å². The van der Waals surface area contributed by atoms with E-state index in [1.807, 2.05) is 12.1 Å². The van der Waals surface area contributed by atoms with Crippen LogP contribution in [0.1, 0.15) is 135 Å². The van der Waals surface area contributed by atoms with Crippen molar-refractivity contribution in [1.29, 1.82) is 0 Å². The Labute approximate surface area is 260 Å². The molecule has 2 aromatic carbocycles. The lowest BCUT2D eigenvalue weighted by Crippen LogP contribution is -2.59. The van der Waals surface area contributed by atoms with Crippen molar-refractivity contribution in [2.75, 3.05) is 18.6 Å². The van der Waals surface area contributed by atoms with Gasteiger partial charge in [0.1, 0.15) is 11.5 Å². The van der Waals surface area contributed by atoms with E-state index in [2.05, 4.69) is 43.9 Å². The van der Waals surface area contributed by atoms with Gasteiger partial charge in [-0.25, -0.2) is 0 Å². The molecule has 0 amide bonds. The van der Waals surface area contributed by atoms with Gasteiger partial charge in [0.25, 0.3) is 5.69 Å². The topological polar surface area (TPSA) is 64.8 Å². The summed E-state index contributed by atoms with van der Waals surface area (Å²) < 4.78 is 12.4. The second kappa shape index (κ2) is 15.6. The van der Waals surface area contributed by atoms with Crippen LogP contribution in [0, 0.1) is 10.1 Å². The standard InChI is InChI=1S/C37H54N2O4/c1-5-6-7-8-9-10-11-12-13-14-15-16-17-18-19-20-27-38-34-23-22-32(42-4)29-33(34)36(2,3)37(38)26-25-30-28-31(39(40)41)21-24-35(30)43-37/h21-26,28-29H,5-20,27H2,1-4H3. The highest BCUT2D eigenvalue weighted by molar-refractivity contribution is 5.74. The Kier molecular flexibility index (Phi) is 12.0. The number of fused-ring (bicyclic) bond motifs is 2. The molecule has 2 aliphatic rings. The fourth-order valence-electron chi connectivity index (χ4n) is 6.95. The third-order valence-corrected chi connectivity index (χ3v) is 9.66. The van der Waals surface area contributed by atoms with Crippen molar-refractivity contribution in [3.05, 3.63) is 63.7 Å². The van der Waals surface area contributed by atoms with E-state index in [0.29, 0.717) is 5.75 Å². The van der Waals surface area contributed by atoms with E-state index in [1.54, 1.807) is 19.2 Å². The summed E-state index contributed by atoms with van der Waals surface area (Å²) in [7, 11) is 1.70. The minimum absolute atomic E-state index is 0.0756. The third-order valence-electron chi connectivity index (χ3n) is 9.66. The van der Waals surface area contributed by atoms with E-state index in [0.717, 1.165) is 24.3 Å². The van der Waals surface area contributed by atoms with Gasteiger partial charge in [-0.2, -0.15) is 0 Å². The van der Waals surface area contributed by atoms with Gasteiger partial charge in [-0.15, -0.1) is 0 Å². The highest BCUT2D eigenvalue weighted by atomic mass is 16.6. The number of nitro groups is 1. The Morgan fingerprint density at radius 1 is 0.814 bits per heavy atom. The van der Waals surface area contributed by atoms with E-state index >= 15 is 0 Å². The number of non-ortho nitro benzene ring substituents is 1. The molecule has 2 aliphatic heterocycles. The largest absolute Gasteiger partial charge is 0.497 e. The molecule has 43 heavy (non-hydrogen) atoms. The van der Waals surface area contributed by atoms with Crippen molar-refractivity contribution in [1.82, 2.24) is 0 Å². The van der Waals surface area contributed by atoms with Crippen molar-refractivity contribution < 1.29 is 14.4 Å². The maximum absolute atomic E-state index is 11.3. The summed E-state index contributed by atoms with van der Waals surface area (Å²) in [6, 6.07) is 11.2. The number of hydrogen-bond donors (Lipinski definition) is 0. The number of hydrogen-bond acceptors (Lipinski definition) is 5. The van der Waals surface area contributed by atoms with Gasteiger partial charge in [0.05, 0.1) is 17.4 Å². The molecule has 2 aromatic rings. The average Bonchev–Trinajstić information content (AvgIpc) is 3.18. The molecule has 0 saturated carbocycles. The van der Waals surface area contributed by atoms with E-state index in [1.165, 1.54) is 114 Å². The van der Waals surface area contributed by atoms with Gasteiger partial charge in [0, 0.05) is 29.9 Å². The average molecular weight is 591 g/mol. The molecule has 4 rings (SSSR count). The van der Waals surface area contributed by atoms with Crippen LogP contribution in [0.2, 0.25) is 0 Å². The summed E-state index contributed by atoms with van der Waals surface area (Å²) in [4.78, 5) is 13.4. The Bertz CT molecular complexity index is 1220. The summed E-state index contributed by atoms with van der Waals surface area (Å²) in [6.07, 6.45) is 25.7. The number of methoxy groups -OCH3 is 1. The zero-order valence-electron chi connectivity index (χ0n) is 27.2. The predicted molar refractivity (Wildman–Crippen MR) is 178 cm³/mol. The van der Waals surface area contributed by atoms with Crippen LogP contribution in [-0.2, 0) is 5.41 Å². The predicted octanol–water partition coefficient (Wildman–Crippen LogP) is 10.8. The molecular formula is C37H54N2O4. The molecule has 0 radical (unpaired) electrons. The highest BCUT2D eigenvalue weighted by Gasteiger charge is 2.58. The molecule has 6 heteroatoms.